The van der Waals surface area contributed by atoms with Crippen molar-refractivity contribution in [3.05, 3.63) is 52.8 Å². The van der Waals surface area contributed by atoms with Gasteiger partial charge in [0.15, 0.2) is 5.78 Å². The van der Waals surface area contributed by atoms with Gasteiger partial charge in [0.1, 0.15) is 5.75 Å². The molecular weight excluding hydrogens is 336 g/mol. The van der Waals surface area contributed by atoms with Gasteiger partial charge in [-0.25, -0.2) is 0 Å². The van der Waals surface area contributed by atoms with E-state index in [1.54, 1.807) is 0 Å². The summed E-state index contributed by atoms with van der Waals surface area (Å²) in [5.41, 5.74) is 4.64. The molecule has 0 amide bonds. The fraction of sp³-hybridized carbons (Fsp3) is 0.522. The number of likely N-dealkylation sites (tertiary alicyclic amines) is 1. The fourth-order valence-electron chi connectivity index (χ4n) is 4.88. The molecule has 0 bridgehead atoms. The van der Waals surface area contributed by atoms with E-state index in [2.05, 4.69) is 23.7 Å². The number of aromatic amines is 1. The van der Waals surface area contributed by atoms with Crippen molar-refractivity contribution in [1.82, 2.24) is 9.88 Å². The van der Waals surface area contributed by atoms with Crippen LogP contribution in [0.2, 0.25) is 0 Å². The molecule has 1 N–H and O–H groups in total. The molecule has 2 aliphatic rings. The fourth-order valence-corrected chi connectivity index (χ4v) is 4.88. The monoisotopic (exact) mass is 366 g/mol. The van der Waals surface area contributed by atoms with Crippen LogP contribution in [-0.2, 0) is 12.8 Å². The van der Waals surface area contributed by atoms with Gasteiger partial charge in [0.25, 0.3) is 0 Å². The number of carbonyl (C=O) groups excluding carboxylic acids is 1. The summed E-state index contributed by atoms with van der Waals surface area (Å²) in [4.78, 5) is 19.2. The summed E-state index contributed by atoms with van der Waals surface area (Å²) in [5.74, 6) is 1.99. The number of benzene rings is 1. The maximum absolute atomic E-state index is 13.2. The van der Waals surface area contributed by atoms with Gasteiger partial charge in [-0.3, -0.25) is 4.79 Å². The topological polar surface area (TPSA) is 45.3 Å². The van der Waals surface area contributed by atoms with Crippen LogP contribution in [0.1, 0.15) is 47.1 Å². The zero-order valence-electron chi connectivity index (χ0n) is 16.5. The normalized spacial score (nSPS) is 22.4. The Morgan fingerprint density at radius 2 is 2.07 bits per heavy atom. The Kier molecular flexibility index (Phi) is 5.35. The molecule has 2 atom stereocenters. The van der Waals surface area contributed by atoms with Crippen LogP contribution in [0.3, 0.4) is 0 Å². The van der Waals surface area contributed by atoms with Gasteiger partial charge in [-0.2, -0.15) is 0 Å². The number of ether oxygens (including phenoxy) is 1. The van der Waals surface area contributed by atoms with Crippen molar-refractivity contribution in [2.75, 3.05) is 26.2 Å². The Morgan fingerprint density at radius 3 is 2.85 bits per heavy atom. The van der Waals surface area contributed by atoms with E-state index >= 15 is 0 Å². The lowest BCUT2D eigenvalue weighted by Gasteiger charge is -2.40. The summed E-state index contributed by atoms with van der Waals surface area (Å²) in [6.07, 6.45) is 4.09. The molecule has 4 nitrogen and oxygen atoms in total. The molecule has 1 aliphatic heterocycles. The van der Waals surface area contributed by atoms with E-state index in [-0.39, 0.29) is 5.92 Å². The van der Waals surface area contributed by atoms with Crippen LogP contribution in [0, 0.1) is 18.8 Å². The van der Waals surface area contributed by atoms with Crippen molar-refractivity contribution < 1.29 is 9.53 Å². The van der Waals surface area contributed by atoms with Crippen LogP contribution >= 0.6 is 0 Å². The molecule has 0 radical (unpaired) electrons. The number of piperidine rings is 1. The van der Waals surface area contributed by atoms with E-state index in [1.807, 2.05) is 30.3 Å². The van der Waals surface area contributed by atoms with Crippen LogP contribution in [0.5, 0.6) is 5.75 Å². The summed E-state index contributed by atoms with van der Waals surface area (Å²) < 4.78 is 5.81. The highest BCUT2D eigenvalue weighted by molar-refractivity contribution is 6.02. The Hall–Kier alpha value is -2.07. The predicted molar refractivity (Wildman–Crippen MR) is 108 cm³/mol. The van der Waals surface area contributed by atoms with E-state index in [4.69, 9.17) is 4.74 Å². The molecule has 1 aromatic heterocycles. The SMILES string of the molecule is CCc1c(C)[nH]c2c1C(=O)C1CN(CCCOc3ccccc3)CCC1C2. The second-order valence-electron chi connectivity index (χ2n) is 7.97. The van der Waals surface area contributed by atoms with Crippen LogP contribution in [0.25, 0.3) is 0 Å². The number of H-pyrrole nitrogens is 1. The maximum atomic E-state index is 13.2. The molecule has 2 heterocycles. The van der Waals surface area contributed by atoms with Gasteiger partial charge < -0.3 is 14.6 Å². The molecule has 1 fully saturated rings. The number of ketones is 1. The summed E-state index contributed by atoms with van der Waals surface area (Å²) >= 11 is 0. The molecule has 0 spiro atoms. The highest BCUT2D eigenvalue weighted by Crippen LogP contribution is 2.38. The van der Waals surface area contributed by atoms with E-state index in [9.17, 15) is 4.79 Å². The first-order chi connectivity index (χ1) is 13.2. The quantitative estimate of drug-likeness (QED) is 0.785. The number of fused-ring (bicyclic) bond motifs is 2. The summed E-state index contributed by atoms with van der Waals surface area (Å²) in [7, 11) is 0. The Morgan fingerprint density at radius 1 is 1.26 bits per heavy atom. The third kappa shape index (κ3) is 3.68. The third-order valence-electron chi connectivity index (χ3n) is 6.27. The van der Waals surface area contributed by atoms with Gasteiger partial charge in [0.05, 0.1) is 6.61 Å². The highest BCUT2D eigenvalue weighted by atomic mass is 16.5. The number of nitrogens with zero attached hydrogens (tertiary/aromatic N) is 1. The van der Waals surface area contributed by atoms with Crippen molar-refractivity contribution in [3.63, 3.8) is 0 Å². The average Bonchev–Trinajstić information content (AvgIpc) is 3.01. The number of rotatable bonds is 6. The number of aryl methyl sites for hydroxylation is 1. The van der Waals surface area contributed by atoms with Crippen LogP contribution < -0.4 is 4.74 Å². The molecule has 2 unspecified atom stereocenters. The predicted octanol–water partition coefficient (Wildman–Crippen LogP) is 4.03. The van der Waals surface area contributed by atoms with Gasteiger partial charge >= 0.3 is 0 Å². The molecule has 144 valence electrons. The number of carbonyl (C=O) groups is 1. The summed E-state index contributed by atoms with van der Waals surface area (Å²) in [6.45, 7) is 7.98. The maximum Gasteiger partial charge on any atom is 0.169 e. The Balaban J connectivity index is 1.34. The second kappa shape index (κ2) is 7.89. The summed E-state index contributed by atoms with van der Waals surface area (Å²) in [5, 5.41) is 0. The molecule has 4 heteroatoms. The third-order valence-corrected chi connectivity index (χ3v) is 6.27. The second-order valence-corrected chi connectivity index (χ2v) is 7.97. The Bertz CT molecular complexity index is 796. The number of hydrogen-bond acceptors (Lipinski definition) is 3. The minimum atomic E-state index is 0.168. The van der Waals surface area contributed by atoms with Crippen molar-refractivity contribution in [1.29, 1.82) is 0 Å². The number of aromatic nitrogens is 1. The first kappa shape index (κ1) is 18.3. The van der Waals surface area contributed by atoms with Crippen LogP contribution in [-0.4, -0.2) is 41.9 Å². The van der Waals surface area contributed by atoms with Gasteiger partial charge in [0, 0.05) is 36.0 Å². The van der Waals surface area contributed by atoms with Crippen molar-refractivity contribution in [2.45, 2.75) is 39.5 Å². The molecule has 0 saturated carbocycles. The number of para-hydroxylation sites is 1. The first-order valence-electron chi connectivity index (χ1n) is 10.3. The highest BCUT2D eigenvalue weighted by Gasteiger charge is 2.41. The van der Waals surface area contributed by atoms with E-state index in [1.165, 1.54) is 17.0 Å². The summed E-state index contributed by atoms with van der Waals surface area (Å²) in [6, 6.07) is 9.98. The minimum absolute atomic E-state index is 0.168. The lowest BCUT2D eigenvalue weighted by molar-refractivity contribution is 0.0650. The molecule has 1 aliphatic carbocycles. The molecule has 1 saturated heterocycles. The average molecular weight is 367 g/mol. The molecule has 4 rings (SSSR count). The van der Waals surface area contributed by atoms with Gasteiger partial charge in [-0.1, -0.05) is 25.1 Å². The molecule has 2 aromatic rings. The van der Waals surface area contributed by atoms with E-state index in [0.29, 0.717) is 11.7 Å². The molecule has 1 aromatic carbocycles. The van der Waals surface area contributed by atoms with Gasteiger partial charge in [-0.15, -0.1) is 0 Å². The zero-order valence-corrected chi connectivity index (χ0v) is 16.5. The minimum Gasteiger partial charge on any atom is -0.494 e. The van der Waals surface area contributed by atoms with Crippen LogP contribution in [0.4, 0.5) is 0 Å². The van der Waals surface area contributed by atoms with Gasteiger partial charge in [-0.05, 0) is 62.8 Å². The van der Waals surface area contributed by atoms with Crippen molar-refractivity contribution in [3.8, 4) is 5.75 Å². The van der Waals surface area contributed by atoms with E-state index in [0.717, 1.165) is 63.2 Å². The standard InChI is InChI=1S/C23H30N2O2/c1-3-19-16(2)24-21-14-17-10-12-25(15-20(17)23(26)22(19)21)11-7-13-27-18-8-5-4-6-9-18/h4-6,8-9,17,20,24H,3,7,10-15H2,1-2H3. The Labute approximate surface area is 161 Å². The van der Waals surface area contributed by atoms with Crippen LogP contribution in [0.15, 0.2) is 30.3 Å². The van der Waals surface area contributed by atoms with Crippen molar-refractivity contribution in [2.24, 2.45) is 11.8 Å². The molecule has 27 heavy (non-hydrogen) atoms. The zero-order chi connectivity index (χ0) is 18.8. The number of Topliss-reactive ketones (excluding diaryl/α,β-unsaturated/α-hetero) is 1. The first-order valence-corrected chi connectivity index (χ1v) is 10.3. The number of hydrogen-bond donors (Lipinski definition) is 1. The van der Waals surface area contributed by atoms with E-state index < -0.39 is 0 Å². The van der Waals surface area contributed by atoms with Crippen molar-refractivity contribution >= 4 is 5.78 Å². The number of nitrogens with one attached hydrogen (secondary N) is 1. The van der Waals surface area contributed by atoms with Gasteiger partial charge in [0.2, 0.25) is 0 Å². The smallest absolute Gasteiger partial charge is 0.169 e. The lowest BCUT2D eigenvalue weighted by atomic mass is 9.72. The lowest BCUT2D eigenvalue weighted by Crippen LogP contribution is -2.47. The molecular formula is C23H30N2O2. The largest absolute Gasteiger partial charge is 0.494 e.